The van der Waals surface area contributed by atoms with Gasteiger partial charge in [0.25, 0.3) is 11.8 Å². The quantitative estimate of drug-likeness (QED) is 0.523. The molecule has 3 rings (SSSR count). The van der Waals surface area contributed by atoms with Crippen molar-refractivity contribution in [3.8, 4) is 5.75 Å². The molecule has 0 fully saturated rings. The van der Waals surface area contributed by atoms with Gasteiger partial charge in [0.05, 0.1) is 19.4 Å². The predicted octanol–water partition coefficient (Wildman–Crippen LogP) is 4.64. The Balaban J connectivity index is 1.81. The summed E-state index contributed by atoms with van der Waals surface area (Å²) in [6.45, 7) is 3.93. The first-order chi connectivity index (χ1) is 15.0. The maximum absolute atomic E-state index is 13.1. The largest absolute Gasteiger partial charge is 0.497 e. The first kappa shape index (κ1) is 21.9. The van der Waals surface area contributed by atoms with Crippen LogP contribution >= 0.6 is 0 Å². The number of amides is 2. The van der Waals surface area contributed by atoms with Crippen LogP contribution in [0.25, 0.3) is 6.08 Å². The fourth-order valence-corrected chi connectivity index (χ4v) is 3.07. The van der Waals surface area contributed by atoms with E-state index in [0.717, 1.165) is 16.9 Å². The summed E-state index contributed by atoms with van der Waals surface area (Å²) in [5.41, 5.74) is 2.56. The average molecular weight is 418 g/mol. The Labute approximate surface area is 181 Å². The summed E-state index contributed by atoms with van der Waals surface area (Å²) in [6, 6.07) is 17.9. The fraction of sp³-hybridized carbons (Fsp3) is 0.200. The van der Waals surface area contributed by atoms with E-state index in [-0.39, 0.29) is 17.6 Å². The van der Waals surface area contributed by atoms with Crippen molar-refractivity contribution >= 4 is 17.9 Å². The molecule has 6 nitrogen and oxygen atoms in total. The molecular formula is C25H26N2O4. The maximum atomic E-state index is 13.1. The average Bonchev–Trinajstić information content (AvgIpc) is 3.30. The molecule has 2 aromatic carbocycles. The van der Waals surface area contributed by atoms with Gasteiger partial charge < -0.3 is 19.8 Å². The molecule has 0 saturated heterocycles. The van der Waals surface area contributed by atoms with Crippen LogP contribution in [0, 0.1) is 6.92 Å². The minimum atomic E-state index is -0.403. The van der Waals surface area contributed by atoms with Gasteiger partial charge >= 0.3 is 0 Å². The molecule has 0 saturated carbocycles. The molecule has 6 heteroatoms. The summed E-state index contributed by atoms with van der Waals surface area (Å²) in [4.78, 5) is 25.8. The molecular weight excluding hydrogens is 392 g/mol. The van der Waals surface area contributed by atoms with Crippen LogP contribution in [0.15, 0.2) is 77.0 Å². The number of aryl methyl sites for hydroxylation is 1. The van der Waals surface area contributed by atoms with Crippen molar-refractivity contribution in [1.29, 1.82) is 0 Å². The smallest absolute Gasteiger partial charge is 0.268 e. The molecule has 0 spiro atoms. The first-order valence-electron chi connectivity index (χ1n) is 10.1. The molecule has 1 aromatic heterocycles. The third kappa shape index (κ3) is 5.85. The Morgan fingerprint density at radius 2 is 1.77 bits per heavy atom. The van der Waals surface area contributed by atoms with Crippen LogP contribution in [0.1, 0.15) is 46.6 Å². The van der Waals surface area contributed by atoms with Gasteiger partial charge in [-0.1, -0.05) is 36.8 Å². The van der Waals surface area contributed by atoms with Gasteiger partial charge in [-0.15, -0.1) is 0 Å². The maximum Gasteiger partial charge on any atom is 0.268 e. The molecule has 1 unspecified atom stereocenters. The van der Waals surface area contributed by atoms with Crippen molar-refractivity contribution in [1.82, 2.24) is 10.6 Å². The van der Waals surface area contributed by atoms with E-state index in [4.69, 9.17) is 9.15 Å². The van der Waals surface area contributed by atoms with Crippen molar-refractivity contribution in [2.24, 2.45) is 0 Å². The number of carbonyl (C=O) groups excluding carboxylic acids is 2. The molecule has 0 aliphatic heterocycles. The van der Waals surface area contributed by atoms with Gasteiger partial charge in [-0.3, -0.25) is 9.59 Å². The zero-order chi connectivity index (χ0) is 22.2. The van der Waals surface area contributed by atoms with Crippen LogP contribution in [0.3, 0.4) is 0 Å². The van der Waals surface area contributed by atoms with Crippen molar-refractivity contribution in [3.63, 3.8) is 0 Å². The highest BCUT2D eigenvalue weighted by Gasteiger charge is 2.19. The van der Waals surface area contributed by atoms with Crippen LogP contribution in [-0.2, 0) is 4.79 Å². The highest BCUT2D eigenvalue weighted by atomic mass is 16.5. The summed E-state index contributed by atoms with van der Waals surface area (Å²) < 4.78 is 10.5. The molecule has 0 bridgehead atoms. The van der Waals surface area contributed by atoms with Crippen molar-refractivity contribution < 1.29 is 18.7 Å². The second-order valence-corrected chi connectivity index (χ2v) is 7.10. The number of carbonyl (C=O) groups is 2. The van der Waals surface area contributed by atoms with Crippen molar-refractivity contribution in [2.75, 3.05) is 7.11 Å². The van der Waals surface area contributed by atoms with Crippen molar-refractivity contribution in [3.05, 3.63) is 95.1 Å². The van der Waals surface area contributed by atoms with E-state index in [0.29, 0.717) is 17.7 Å². The number of hydrogen-bond acceptors (Lipinski definition) is 4. The molecule has 1 atom stereocenters. The monoisotopic (exact) mass is 418 g/mol. The molecule has 0 aliphatic carbocycles. The SMILES string of the molecule is CCC(NC(=O)/C(=C/c1ccco1)NC(=O)c1ccc(C)cc1)c1ccc(OC)cc1. The Bertz CT molecular complexity index is 1040. The molecule has 31 heavy (non-hydrogen) atoms. The van der Waals surface area contributed by atoms with Crippen molar-refractivity contribution in [2.45, 2.75) is 26.3 Å². The molecule has 0 aliphatic rings. The van der Waals surface area contributed by atoms with Gasteiger partial charge in [0.2, 0.25) is 0 Å². The number of furan rings is 1. The zero-order valence-electron chi connectivity index (χ0n) is 17.8. The molecule has 3 aromatic rings. The van der Waals surface area contributed by atoms with E-state index >= 15 is 0 Å². The Morgan fingerprint density at radius 3 is 2.35 bits per heavy atom. The number of rotatable bonds is 8. The molecule has 1 heterocycles. The number of methoxy groups -OCH3 is 1. The van der Waals surface area contributed by atoms with Gasteiger partial charge in [0, 0.05) is 11.6 Å². The molecule has 2 amide bonds. The Hall–Kier alpha value is -3.80. The predicted molar refractivity (Wildman–Crippen MR) is 119 cm³/mol. The first-order valence-corrected chi connectivity index (χ1v) is 10.1. The fourth-order valence-electron chi connectivity index (χ4n) is 3.07. The van der Waals surface area contributed by atoms with Gasteiger partial charge in [0.15, 0.2) is 0 Å². The van der Waals surface area contributed by atoms with E-state index in [1.165, 1.54) is 12.3 Å². The second-order valence-electron chi connectivity index (χ2n) is 7.10. The summed E-state index contributed by atoms with van der Waals surface area (Å²) in [6.07, 6.45) is 3.70. The lowest BCUT2D eigenvalue weighted by Gasteiger charge is -2.19. The normalized spacial score (nSPS) is 12.2. The van der Waals surface area contributed by atoms with E-state index in [1.807, 2.05) is 50.2 Å². The molecule has 2 N–H and O–H groups in total. The van der Waals surface area contributed by atoms with Gasteiger partial charge in [-0.05, 0) is 55.3 Å². The van der Waals surface area contributed by atoms with E-state index in [1.54, 1.807) is 31.4 Å². The lowest BCUT2D eigenvalue weighted by molar-refractivity contribution is -0.118. The Kier molecular flexibility index (Phi) is 7.27. The third-order valence-corrected chi connectivity index (χ3v) is 4.87. The van der Waals surface area contributed by atoms with Crippen LogP contribution in [0.5, 0.6) is 5.75 Å². The minimum absolute atomic E-state index is 0.104. The molecule has 160 valence electrons. The van der Waals surface area contributed by atoms with Gasteiger partial charge in [-0.25, -0.2) is 0 Å². The minimum Gasteiger partial charge on any atom is -0.497 e. The van der Waals surface area contributed by atoms with E-state index in [2.05, 4.69) is 10.6 Å². The lowest BCUT2D eigenvalue weighted by atomic mass is 10.0. The number of hydrogen-bond donors (Lipinski definition) is 2. The van der Waals surface area contributed by atoms with Crippen LogP contribution in [0.2, 0.25) is 0 Å². The lowest BCUT2D eigenvalue weighted by Crippen LogP contribution is -2.36. The van der Waals surface area contributed by atoms with Crippen LogP contribution in [0.4, 0.5) is 0 Å². The third-order valence-electron chi connectivity index (χ3n) is 4.87. The standard InChI is InChI=1S/C25H26N2O4/c1-4-22(18-11-13-20(30-3)14-12-18)26-25(29)23(16-21-6-5-15-31-21)27-24(28)19-9-7-17(2)8-10-19/h5-16,22H,4H2,1-3H3,(H,26,29)(H,27,28)/b23-16-. The van der Waals surface area contributed by atoms with Crippen LogP contribution < -0.4 is 15.4 Å². The van der Waals surface area contributed by atoms with Crippen LogP contribution in [-0.4, -0.2) is 18.9 Å². The molecule has 0 radical (unpaired) electrons. The second kappa shape index (κ2) is 10.3. The summed E-state index contributed by atoms with van der Waals surface area (Å²) in [5.74, 6) is 0.436. The number of ether oxygens (including phenoxy) is 1. The number of nitrogens with one attached hydrogen (secondary N) is 2. The highest BCUT2D eigenvalue weighted by Crippen LogP contribution is 2.21. The van der Waals surface area contributed by atoms with E-state index in [9.17, 15) is 9.59 Å². The Morgan fingerprint density at radius 1 is 1.06 bits per heavy atom. The summed E-state index contributed by atoms with van der Waals surface area (Å²) in [7, 11) is 1.61. The summed E-state index contributed by atoms with van der Waals surface area (Å²) in [5, 5.41) is 5.71. The highest BCUT2D eigenvalue weighted by molar-refractivity contribution is 6.05. The summed E-state index contributed by atoms with van der Waals surface area (Å²) >= 11 is 0. The van der Waals surface area contributed by atoms with Gasteiger partial charge in [0.1, 0.15) is 17.2 Å². The van der Waals surface area contributed by atoms with Gasteiger partial charge in [-0.2, -0.15) is 0 Å². The topological polar surface area (TPSA) is 80.6 Å². The van der Waals surface area contributed by atoms with E-state index < -0.39 is 5.91 Å². The number of benzene rings is 2. The zero-order valence-corrected chi connectivity index (χ0v) is 17.8.